The van der Waals surface area contributed by atoms with E-state index in [1.807, 2.05) is 18.0 Å². The molecule has 0 bridgehead atoms. The van der Waals surface area contributed by atoms with Crippen LogP contribution in [-0.4, -0.2) is 71.4 Å². The highest BCUT2D eigenvalue weighted by atomic mass is 16.2. The summed E-state index contributed by atoms with van der Waals surface area (Å²) in [5.41, 5.74) is 2.37. The molecule has 4 rings (SSSR count). The molecule has 158 valence electrons. The molecule has 0 atom stereocenters. The van der Waals surface area contributed by atoms with E-state index in [4.69, 9.17) is 0 Å². The maximum Gasteiger partial charge on any atom is 0.225 e. The van der Waals surface area contributed by atoms with Crippen LogP contribution in [0.3, 0.4) is 0 Å². The molecule has 0 spiro atoms. The first-order valence-electron chi connectivity index (χ1n) is 10.6. The SMILES string of the molecule is CN=C(NCc1cccc(CN2CCCC2=O)c1)N1CCN(c2ncccn2)CC1. The van der Waals surface area contributed by atoms with Crippen LogP contribution < -0.4 is 10.2 Å². The molecule has 2 saturated heterocycles. The van der Waals surface area contributed by atoms with Crippen molar-refractivity contribution in [3.05, 3.63) is 53.9 Å². The van der Waals surface area contributed by atoms with Crippen LogP contribution in [-0.2, 0) is 17.9 Å². The molecule has 1 amide bonds. The number of hydrogen-bond acceptors (Lipinski definition) is 5. The van der Waals surface area contributed by atoms with Crippen LogP contribution in [0, 0.1) is 0 Å². The van der Waals surface area contributed by atoms with E-state index in [2.05, 4.69) is 54.3 Å². The number of aliphatic imine (C=N–C) groups is 1. The minimum Gasteiger partial charge on any atom is -0.352 e. The first kappa shape index (κ1) is 20.1. The number of rotatable bonds is 5. The zero-order valence-corrected chi connectivity index (χ0v) is 17.5. The molecule has 2 fully saturated rings. The van der Waals surface area contributed by atoms with Crippen molar-refractivity contribution in [3.63, 3.8) is 0 Å². The third-order valence-corrected chi connectivity index (χ3v) is 5.61. The van der Waals surface area contributed by atoms with Gasteiger partial charge in [0.2, 0.25) is 11.9 Å². The molecular formula is C22H29N7O. The summed E-state index contributed by atoms with van der Waals surface area (Å²) >= 11 is 0. The van der Waals surface area contributed by atoms with Crippen LogP contribution in [0.1, 0.15) is 24.0 Å². The monoisotopic (exact) mass is 407 g/mol. The number of aromatic nitrogens is 2. The van der Waals surface area contributed by atoms with Crippen molar-refractivity contribution in [2.24, 2.45) is 4.99 Å². The summed E-state index contributed by atoms with van der Waals surface area (Å²) in [5, 5.41) is 3.49. The molecular weight excluding hydrogens is 378 g/mol. The quantitative estimate of drug-likeness (QED) is 0.598. The summed E-state index contributed by atoms with van der Waals surface area (Å²) in [6.07, 6.45) is 5.22. The Morgan fingerprint density at radius 1 is 1.07 bits per heavy atom. The molecule has 1 aromatic carbocycles. The van der Waals surface area contributed by atoms with Gasteiger partial charge in [0.1, 0.15) is 0 Å². The summed E-state index contributed by atoms with van der Waals surface area (Å²) in [5.74, 6) is 1.95. The van der Waals surface area contributed by atoms with Crippen LogP contribution in [0.5, 0.6) is 0 Å². The van der Waals surface area contributed by atoms with Crippen molar-refractivity contribution in [2.45, 2.75) is 25.9 Å². The number of amides is 1. The zero-order valence-electron chi connectivity index (χ0n) is 17.5. The van der Waals surface area contributed by atoms with Gasteiger partial charge in [0.25, 0.3) is 0 Å². The molecule has 3 heterocycles. The van der Waals surface area contributed by atoms with Crippen molar-refractivity contribution < 1.29 is 4.79 Å². The molecule has 2 aliphatic rings. The molecule has 8 nitrogen and oxygen atoms in total. The third-order valence-electron chi connectivity index (χ3n) is 5.61. The summed E-state index contributed by atoms with van der Waals surface area (Å²) < 4.78 is 0. The van der Waals surface area contributed by atoms with Gasteiger partial charge >= 0.3 is 0 Å². The average molecular weight is 408 g/mol. The lowest BCUT2D eigenvalue weighted by Gasteiger charge is -2.36. The highest BCUT2D eigenvalue weighted by Gasteiger charge is 2.22. The first-order valence-corrected chi connectivity index (χ1v) is 10.6. The normalized spacial score (nSPS) is 17.6. The van der Waals surface area contributed by atoms with Crippen LogP contribution in [0.2, 0.25) is 0 Å². The summed E-state index contributed by atoms with van der Waals surface area (Å²) in [7, 11) is 1.82. The zero-order chi connectivity index (χ0) is 20.8. The minimum atomic E-state index is 0.263. The summed E-state index contributed by atoms with van der Waals surface area (Å²) in [6.45, 7) is 5.74. The highest BCUT2D eigenvalue weighted by molar-refractivity contribution is 5.80. The van der Waals surface area contributed by atoms with Crippen molar-refractivity contribution in [2.75, 3.05) is 44.7 Å². The van der Waals surface area contributed by atoms with E-state index in [9.17, 15) is 4.79 Å². The van der Waals surface area contributed by atoms with E-state index in [0.29, 0.717) is 19.5 Å². The maximum atomic E-state index is 11.9. The van der Waals surface area contributed by atoms with Gasteiger partial charge in [-0.25, -0.2) is 9.97 Å². The number of piperazine rings is 1. The lowest BCUT2D eigenvalue weighted by atomic mass is 10.1. The number of carbonyl (C=O) groups is 1. The number of anilines is 1. The van der Waals surface area contributed by atoms with Gasteiger partial charge in [0, 0.05) is 71.7 Å². The number of carbonyl (C=O) groups excluding carboxylic acids is 1. The number of hydrogen-bond donors (Lipinski definition) is 1. The van der Waals surface area contributed by atoms with E-state index in [1.165, 1.54) is 11.1 Å². The van der Waals surface area contributed by atoms with E-state index in [1.54, 1.807) is 12.4 Å². The predicted molar refractivity (Wildman–Crippen MR) is 117 cm³/mol. The fourth-order valence-corrected chi connectivity index (χ4v) is 4.02. The van der Waals surface area contributed by atoms with E-state index < -0.39 is 0 Å². The van der Waals surface area contributed by atoms with Crippen LogP contribution in [0.4, 0.5) is 5.95 Å². The van der Waals surface area contributed by atoms with E-state index in [0.717, 1.165) is 51.1 Å². The summed E-state index contributed by atoms with van der Waals surface area (Å²) in [4.78, 5) is 31.5. The first-order chi connectivity index (χ1) is 14.7. The van der Waals surface area contributed by atoms with Gasteiger partial charge in [0.15, 0.2) is 5.96 Å². The van der Waals surface area contributed by atoms with Crippen molar-refractivity contribution in [1.82, 2.24) is 25.1 Å². The Morgan fingerprint density at radius 2 is 1.83 bits per heavy atom. The smallest absolute Gasteiger partial charge is 0.225 e. The third kappa shape index (κ3) is 4.87. The van der Waals surface area contributed by atoms with Gasteiger partial charge in [-0.15, -0.1) is 0 Å². The van der Waals surface area contributed by atoms with Gasteiger partial charge in [-0.05, 0) is 23.6 Å². The number of benzene rings is 1. The Bertz CT molecular complexity index is 878. The van der Waals surface area contributed by atoms with Gasteiger partial charge < -0.3 is 20.0 Å². The maximum absolute atomic E-state index is 11.9. The van der Waals surface area contributed by atoms with Crippen LogP contribution >= 0.6 is 0 Å². The molecule has 0 unspecified atom stereocenters. The molecule has 8 heteroatoms. The summed E-state index contributed by atoms with van der Waals surface area (Å²) in [6, 6.07) is 10.3. The minimum absolute atomic E-state index is 0.263. The van der Waals surface area contributed by atoms with E-state index in [-0.39, 0.29) is 5.91 Å². The Morgan fingerprint density at radius 3 is 2.53 bits per heavy atom. The Labute approximate surface area is 177 Å². The fraction of sp³-hybridized carbons (Fsp3) is 0.455. The molecule has 0 aliphatic carbocycles. The number of nitrogens with one attached hydrogen (secondary N) is 1. The predicted octanol–water partition coefficient (Wildman–Crippen LogP) is 1.50. The topological polar surface area (TPSA) is 77.0 Å². The second kappa shape index (κ2) is 9.56. The number of likely N-dealkylation sites (tertiary alicyclic amines) is 1. The largest absolute Gasteiger partial charge is 0.352 e. The average Bonchev–Trinajstić information content (AvgIpc) is 3.20. The van der Waals surface area contributed by atoms with Crippen molar-refractivity contribution in [3.8, 4) is 0 Å². The van der Waals surface area contributed by atoms with Crippen LogP contribution in [0.15, 0.2) is 47.7 Å². The molecule has 30 heavy (non-hydrogen) atoms. The second-order valence-corrected chi connectivity index (χ2v) is 7.66. The Kier molecular flexibility index (Phi) is 6.41. The molecule has 1 aromatic heterocycles. The second-order valence-electron chi connectivity index (χ2n) is 7.66. The van der Waals surface area contributed by atoms with Gasteiger partial charge in [0.05, 0.1) is 0 Å². The number of nitrogens with zero attached hydrogens (tertiary/aromatic N) is 6. The fourth-order valence-electron chi connectivity index (χ4n) is 4.02. The van der Waals surface area contributed by atoms with Crippen molar-refractivity contribution in [1.29, 1.82) is 0 Å². The molecule has 2 aromatic rings. The van der Waals surface area contributed by atoms with Gasteiger partial charge in [-0.1, -0.05) is 24.3 Å². The van der Waals surface area contributed by atoms with Gasteiger partial charge in [-0.3, -0.25) is 9.79 Å². The van der Waals surface area contributed by atoms with Gasteiger partial charge in [-0.2, -0.15) is 0 Å². The van der Waals surface area contributed by atoms with E-state index >= 15 is 0 Å². The molecule has 0 radical (unpaired) electrons. The highest BCUT2D eigenvalue weighted by Crippen LogP contribution is 2.15. The number of guanidine groups is 1. The lowest BCUT2D eigenvalue weighted by Crippen LogP contribution is -2.52. The molecule has 1 N–H and O–H groups in total. The Balaban J connectivity index is 1.30. The lowest BCUT2D eigenvalue weighted by molar-refractivity contribution is -0.128. The molecule has 0 saturated carbocycles. The van der Waals surface area contributed by atoms with Crippen LogP contribution in [0.25, 0.3) is 0 Å². The standard InChI is InChI=1S/C22H29N7O/c1-23-21(27-11-13-28(14-12-27)22-24-8-4-9-25-22)26-16-18-5-2-6-19(15-18)17-29-10-3-7-20(29)30/h2,4-6,8-9,15H,3,7,10-14,16-17H2,1H3,(H,23,26). The van der Waals surface area contributed by atoms with Crippen molar-refractivity contribution >= 4 is 17.8 Å². The Hall–Kier alpha value is -3.16. The molecule has 2 aliphatic heterocycles.